The van der Waals surface area contributed by atoms with Gasteiger partial charge in [-0.2, -0.15) is 0 Å². The van der Waals surface area contributed by atoms with Gasteiger partial charge in [0.2, 0.25) is 0 Å². The number of anilines is 2. The summed E-state index contributed by atoms with van der Waals surface area (Å²) in [4.78, 5) is 16.5. The third-order valence-corrected chi connectivity index (χ3v) is 3.95. The number of carbonyl (C=O) groups is 1. The van der Waals surface area contributed by atoms with Crippen molar-refractivity contribution in [3.63, 3.8) is 0 Å². The molecule has 0 radical (unpaired) electrons. The van der Waals surface area contributed by atoms with Gasteiger partial charge < -0.3 is 10.6 Å². The Labute approximate surface area is 137 Å². The molecule has 1 aromatic carbocycles. The smallest absolute Gasteiger partial charge is 0.274 e. The fourth-order valence-electron chi connectivity index (χ4n) is 2.36. The lowest BCUT2D eigenvalue weighted by molar-refractivity contribution is 0.102. The first-order valence-electron chi connectivity index (χ1n) is 8.06. The highest BCUT2D eigenvalue weighted by Crippen LogP contribution is 2.25. The molecule has 1 aliphatic carbocycles. The molecule has 4 nitrogen and oxygen atoms in total. The summed E-state index contributed by atoms with van der Waals surface area (Å²) in [7, 11) is 0. The first kappa shape index (κ1) is 15.5. The molecular weight excluding hydrogens is 286 g/mol. The Morgan fingerprint density at radius 2 is 1.78 bits per heavy atom. The Morgan fingerprint density at radius 1 is 1.09 bits per heavy atom. The van der Waals surface area contributed by atoms with Crippen molar-refractivity contribution >= 4 is 17.3 Å². The predicted octanol–water partition coefficient (Wildman–Crippen LogP) is 4.21. The average Bonchev–Trinajstić information content (AvgIpc) is 3.31. The topological polar surface area (TPSA) is 54.0 Å². The summed E-state index contributed by atoms with van der Waals surface area (Å²) < 4.78 is 0. The number of pyridine rings is 1. The van der Waals surface area contributed by atoms with Crippen molar-refractivity contribution in [3.05, 3.63) is 53.9 Å². The highest BCUT2D eigenvalue weighted by Gasteiger charge is 2.21. The van der Waals surface area contributed by atoms with E-state index < -0.39 is 0 Å². The number of hydrogen-bond donors (Lipinski definition) is 2. The number of hydrogen-bond acceptors (Lipinski definition) is 3. The molecular formula is C19H23N3O. The lowest BCUT2D eigenvalue weighted by atomic mass is 9.87. The highest BCUT2D eigenvalue weighted by atomic mass is 16.1. The van der Waals surface area contributed by atoms with E-state index in [4.69, 9.17) is 0 Å². The molecule has 23 heavy (non-hydrogen) atoms. The highest BCUT2D eigenvalue weighted by molar-refractivity contribution is 6.03. The van der Waals surface area contributed by atoms with E-state index >= 15 is 0 Å². The summed E-state index contributed by atoms with van der Waals surface area (Å²) in [5.74, 6) is -0.187. The minimum atomic E-state index is -0.187. The second kappa shape index (κ2) is 6.03. The largest absolute Gasteiger partial charge is 0.382 e. The normalized spacial score (nSPS) is 14.4. The summed E-state index contributed by atoms with van der Waals surface area (Å²) in [6.07, 6.45) is 4.07. The van der Waals surface area contributed by atoms with Crippen LogP contribution in [0.5, 0.6) is 0 Å². The van der Waals surface area contributed by atoms with Gasteiger partial charge in [0.05, 0.1) is 0 Å². The maximum Gasteiger partial charge on any atom is 0.274 e. The van der Waals surface area contributed by atoms with E-state index in [1.54, 1.807) is 12.3 Å². The first-order chi connectivity index (χ1) is 10.9. The van der Waals surface area contributed by atoms with Crippen LogP contribution in [0.4, 0.5) is 11.4 Å². The molecule has 0 atom stereocenters. The van der Waals surface area contributed by atoms with Crippen LogP contribution >= 0.6 is 0 Å². The zero-order chi connectivity index (χ0) is 16.4. The molecule has 120 valence electrons. The van der Waals surface area contributed by atoms with Gasteiger partial charge in [0, 0.05) is 23.6 Å². The van der Waals surface area contributed by atoms with Crippen LogP contribution in [0.25, 0.3) is 0 Å². The first-order valence-corrected chi connectivity index (χ1v) is 8.06. The van der Waals surface area contributed by atoms with Crippen LogP contribution in [-0.2, 0) is 5.41 Å². The summed E-state index contributed by atoms with van der Waals surface area (Å²) in [6.45, 7) is 6.51. The van der Waals surface area contributed by atoms with Gasteiger partial charge in [0.15, 0.2) is 0 Å². The maximum absolute atomic E-state index is 12.3. The summed E-state index contributed by atoms with van der Waals surface area (Å²) in [5.41, 5.74) is 3.51. The number of amides is 1. The molecule has 1 fully saturated rings. The number of aromatic nitrogens is 1. The lowest BCUT2D eigenvalue weighted by Crippen LogP contribution is -2.15. The van der Waals surface area contributed by atoms with Crippen molar-refractivity contribution in [2.75, 3.05) is 10.6 Å². The van der Waals surface area contributed by atoms with E-state index in [0.717, 1.165) is 11.4 Å². The summed E-state index contributed by atoms with van der Waals surface area (Å²) >= 11 is 0. The van der Waals surface area contributed by atoms with E-state index in [2.05, 4.69) is 36.4 Å². The van der Waals surface area contributed by atoms with Crippen LogP contribution in [0, 0.1) is 0 Å². The number of benzene rings is 1. The minimum absolute atomic E-state index is 0.104. The van der Waals surface area contributed by atoms with Crippen molar-refractivity contribution in [1.82, 2.24) is 4.98 Å². The van der Waals surface area contributed by atoms with Gasteiger partial charge in [-0.1, -0.05) is 32.9 Å². The molecule has 1 aliphatic rings. The van der Waals surface area contributed by atoms with E-state index in [1.165, 1.54) is 18.4 Å². The molecule has 1 saturated carbocycles. The Morgan fingerprint density at radius 3 is 2.39 bits per heavy atom. The third-order valence-electron chi connectivity index (χ3n) is 3.95. The van der Waals surface area contributed by atoms with E-state index in [1.807, 2.05) is 30.3 Å². The maximum atomic E-state index is 12.3. The molecule has 0 bridgehead atoms. The van der Waals surface area contributed by atoms with Crippen molar-refractivity contribution in [1.29, 1.82) is 0 Å². The number of nitrogens with zero attached hydrogens (tertiary/aromatic N) is 1. The quantitative estimate of drug-likeness (QED) is 0.889. The van der Waals surface area contributed by atoms with Crippen LogP contribution in [0.3, 0.4) is 0 Å². The van der Waals surface area contributed by atoms with Crippen LogP contribution in [0.1, 0.15) is 49.7 Å². The molecule has 4 heteroatoms. The van der Waals surface area contributed by atoms with Gasteiger partial charge in [-0.15, -0.1) is 0 Å². The van der Waals surface area contributed by atoms with Crippen molar-refractivity contribution in [3.8, 4) is 0 Å². The van der Waals surface area contributed by atoms with Crippen LogP contribution in [0.15, 0.2) is 42.6 Å². The summed E-state index contributed by atoms with van der Waals surface area (Å²) in [6, 6.07) is 12.2. The molecule has 0 unspecified atom stereocenters. The fourth-order valence-corrected chi connectivity index (χ4v) is 2.36. The SMILES string of the molecule is CC(C)(C)c1ccc(NC(=O)c2cc(NC3CC3)ccn2)cc1. The molecule has 2 N–H and O–H groups in total. The summed E-state index contributed by atoms with van der Waals surface area (Å²) in [5, 5.41) is 6.28. The Bertz CT molecular complexity index is 697. The monoisotopic (exact) mass is 309 g/mol. The van der Waals surface area contributed by atoms with Crippen LogP contribution in [-0.4, -0.2) is 16.9 Å². The van der Waals surface area contributed by atoms with E-state index in [-0.39, 0.29) is 11.3 Å². The van der Waals surface area contributed by atoms with Crippen molar-refractivity contribution in [2.24, 2.45) is 0 Å². The number of carbonyl (C=O) groups excluding carboxylic acids is 1. The molecule has 0 spiro atoms. The Hall–Kier alpha value is -2.36. The number of rotatable bonds is 4. The predicted molar refractivity (Wildman–Crippen MR) is 94.0 cm³/mol. The van der Waals surface area contributed by atoms with E-state index in [9.17, 15) is 4.79 Å². The zero-order valence-corrected chi connectivity index (χ0v) is 13.9. The van der Waals surface area contributed by atoms with Crippen molar-refractivity contribution in [2.45, 2.75) is 45.1 Å². The Balaban J connectivity index is 1.68. The van der Waals surface area contributed by atoms with Crippen LogP contribution in [0.2, 0.25) is 0 Å². The van der Waals surface area contributed by atoms with E-state index in [0.29, 0.717) is 11.7 Å². The van der Waals surface area contributed by atoms with Gasteiger partial charge in [0.1, 0.15) is 5.69 Å². The second-order valence-electron chi connectivity index (χ2n) is 7.13. The fraction of sp³-hybridized carbons (Fsp3) is 0.368. The van der Waals surface area contributed by atoms with Gasteiger partial charge in [0.25, 0.3) is 5.91 Å². The van der Waals surface area contributed by atoms with Crippen LogP contribution < -0.4 is 10.6 Å². The number of nitrogens with one attached hydrogen (secondary N) is 2. The van der Waals surface area contributed by atoms with Gasteiger partial charge in [-0.05, 0) is 48.1 Å². The molecule has 2 aromatic rings. The third kappa shape index (κ3) is 4.09. The lowest BCUT2D eigenvalue weighted by Gasteiger charge is -2.19. The average molecular weight is 309 g/mol. The molecule has 1 amide bonds. The van der Waals surface area contributed by atoms with Gasteiger partial charge in [-0.3, -0.25) is 9.78 Å². The zero-order valence-electron chi connectivity index (χ0n) is 13.9. The molecule has 0 aliphatic heterocycles. The second-order valence-corrected chi connectivity index (χ2v) is 7.13. The molecule has 1 heterocycles. The molecule has 1 aromatic heterocycles. The standard InChI is InChI=1S/C19H23N3O/c1-19(2,3)13-4-6-15(7-5-13)22-18(23)17-12-16(10-11-20-17)21-14-8-9-14/h4-7,10-12,14H,8-9H2,1-3H3,(H,20,21)(H,22,23). The Kier molecular flexibility index (Phi) is 4.07. The minimum Gasteiger partial charge on any atom is -0.382 e. The molecule has 3 rings (SSSR count). The van der Waals surface area contributed by atoms with Gasteiger partial charge >= 0.3 is 0 Å². The molecule has 0 saturated heterocycles. The van der Waals surface area contributed by atoms with Gasteiger partial charge in [-0.25, -0.2) is 0 Å². The van der Waals surface area contributed by atoms with Crippen molar-refractivity contribution < 1.29 is 4.79 Å².